The Bertz CT molecular complexity index is 1730. The minimum Gasteiger partial charge on any atom is -0.393 e. The van der Waals surface area contributed by atoms with Crippen molar-refractivity contribution in [3.63, 3.8) is 0 Å². The van der Waals surface area contributed by atoms with Gasteiger partial charge in [0.05, 0.1) is 34.1 Å². The number of halogens is 3. The third-order valence-corrected chi connectivity index (χ3v) is 7.30. The summed E-state index contributed by atoms with van der Waals surface area (Å²) < 4.78 is 44.4. The van der Waals surface area contributed by atoms with Crippen molar-refractivity contribution >= 4 is 27.5 Å². The molecular formula is C30H24F3N5O. The molecule has 1 saturated carbocycles. The number of alkyl halides is 3. The second-order valence-corrected chi connectivity index (χ2v) is 9.87. The lowest BCUT2D eigenvalue weighted by molar-refractivity contribution is -0.140. The van der Waals surface area contributed by atoms with Crippen LogP contribution in [0.15, 0.2) is 72.9 Å². The van der Waals surface area contributed by atoms with Gasteiger partial charge in [-0.25, -0.2) is 4.68 Å². The lowest BCUT2D eigenvalue weighted by atomic mass is 9.93. The Morgan fingerprint density at radius 2 is 1.77 bits per heavy atom. The van der Waals surface area contributed by atoms with Gasteiger partial charge in [0.2, 0.25) is 0 Å². The van der Waals surface area contributed by atoms with Gasteiger partial charge in [-0.15, -0.1) is 0 Å². The second-order valence-electron chi connectivity index (χ2n) is 9.87. The molecule has 0 bridgehead atoms. The smallest absolute Gasteiger partial charge is 0.393 e. The van der Waals surface area contributed by atoms with E-state index in [4.69, 9.17) is 0 Å². The Kier molecular flexibility index (Phi) is 6.20. The van der Waals surface area contributed by atoms with Crippen molar-refractivity contribution < 1.29 is 18.3 Å². The Hall–Kier alpha value is -4.42. The topological polar surface area (TPSA) is 86.8 Å². The summed E-state index contributed by atoms with van der Waals surface area (Å²) in [6.45, 7) is 0. The average Bonchev–Trinajstić information content (AvgIpc) is 3.35. The first-order valence-corrected chi connectivity index (χ1v) is 12.7. The number of rotatable bonds is 4. The van der Waals surface area contributed by atoms with Gasteiger partial charge in [0, 0.05) is 28.6 Å². The largest absolute Gasteiger partial charge is 0.435 e. The van der Waals surface area contributed by atoms with Crippen molar-refractivity contribution in [2.75, 3.05) is 5.32 Å². The number of aliphatic hydroxyl groups is 1. The summed E-state index contributed by atoms with van der Waals surface area (Å²) in [7, 11) is 0. The van der Waals surface area contributed by atoms with Crippen LogP contribution in [0.3, 0.4) is 0 Å². The first-order chi connectivity index (χ1) is 18.8. The van der Waals surface area contributed by atoms with Crippen molar-refractivity contribution in [3.8, 4) is 22.9 Å². The Labute approximate surface area is 222 Å². The number of hydrogen-bond acceptors (Lipinski definition) is 5. The third kappa shape index (κ3) is 4.68. The van der Waals surface area contributed by atoms with Crippen LogP contribution in [0.4, 0.5) is 18.9 Å². The van der Waals surface area contributed by atoms with Crippen LogP contribution in [0.2, 0.25) is 0 Å². The Morgan fingerprint density at radius 1 is 0.974 bits per heavy atom. The SMILES string of the molecule is N#Cc1ccc(-n2nc(C(F)(F)F)c3c(-c4cnc5ccccc5c4)cccc32)cc1NC1CCC(O)CC1. The first-order valence-electron chi connectivity index (χ1n) is 12.7. The molecule has 5 aromatic rings. The van der Waals surface area contributed by atoms with Gasteiger partial charge in [-0.2, -0.15) is 23.5 Å². The summed E-state index contributed by atoms with van der Waals surface area (Å²) in [4.78, 5) is 4.45. The van der Waals surface area contributed by atoms with E-state index in [1.54, 1.807) is 42.6 Å². The number of pyridine rings is 1. The summed E-state index contributed by atoms with van der Waals surface area (Å²) in [6.07, 6.45) is -0.646. The lowest BCUT2D eigenvalue weighted by Gasteiger charge is -2.27. The highest BCUT2D eigenvalue weighted by Crippen LogP contribution is 2.40. The van der Waals surface area contributed by atoms with E-state index < -0.39 is 11.9 Å². The number of aromatic nitrogens is 3. The van der Waals surface area contributed by atoms with Crippen LogP contribution in [-0.4, -0.2) is 32.0 Å². The van der Waals surface area contributed by atoms with Gasteiger partial charge < -0.3 is 10.4 Å². The standard InChI is InChI=1S/C30H24F3N5O/c31-30(32,33)29-28-24(20-14-18-4-1-2-6-25(18)35-17-20)5-3-7-27(28)38(37-29)22-11-8-19(16-34)26(15-22)36-21-9-12-23(39)13-10-21/h1-8,11,14-15,17,21,23,36,39H,9-10,12-13H2. The second kappa shape index (κ2) is 9.71. The molecular weight excluding hydrogens is 503 g/mol. The van der Waals surface area contributed by atoms with E-state index in [-0.39, 0.29) is 17.5 Å². The molecule has 0 saturated heterocycles. The Morgan fingerprint density at radius 3 is 2.54 bits per heavy atom. The molecule has 0 aliphatic heterocycles. The molecule has 0 radical (unpaired) electrons. The molecule has 6 nitrogen and oxygen atoms in total. The van der Waals surface area contributed by atoms with Crippen LogP contribution in [-0.2, 0) is 6.18 Å². The lowest BCUT2D eigenvalue weighted by Crippen LogP contribution is -2.28. The number of nitriles is 1. The molecule has 9 heteroatoms. The number of hydrogen-bond donors (Lipinski definition) is 2. The maximum atomic E-state index is 14.4. The summed E-state index contributed by atoms with van der Waals surface area (Å²) >= 11 is 0. The number of anilines is 1. The van der Waals surface area contributed by atoms with Gasteiger partial charge in [-0.3, -0.25) is 4.98 Å². The Balaban J connectivity index is 1.50. The number of benzene rings is 3. The van der Waals surface area contributed by atoms with Gasteiger partial charge in [-0.1, -0.05) is 30.3 Å². The fourth-order valence-electron chi connectivity index (χ4n) is 5.34. The zero-order chi connectivity index (χ0) is 27.1. The average molecular weight is 528 g/mol. The molecule has 196 valence electrons. The van der Waals surface area contributed by atoms with Gasteiger partial charge in [-0.05, 0) is 67.6 Å². The number of fused-ring (bicyclic) bond motifs is 2. The summed E-state index contributed by atoms with van der Waals surface area (Å²) in [5.41, 5.74) is 2.34. The predicted octanol–water partition coefficient (Wildman–Crippen LogP) is 6.85. The van der Waals surface area contributed by atoms with E-state index in [2.05, 4.69) is 21.5 Å². The third-order valence-electron chi connectivity index (χ3n) is 7.30. The molecule has 1 aliphatic rings. The summed E-state index contributed by atoms with van der Waals surface area (Å²) in [5.74, 6) is 0. The number of nitrogens with one attached hydrogen (secondary N) is 1. The van der Waals surface area contributed by atoms with Crippen LogP contribution in [0.5, 0.6) is 0 Å². The highest BCUT2D eigenvalue weighted by atomic mass is 19.4. The molecule has 1 fully saturated rings. The normalized spacial score (nSPS) is 17.8. The zero-order valence-corrected chi connectivity index (χ0v) is 20.8. The quantitative estimate of drug-likeness (QED) is 0.267. The molecule has 1 aliphatic carbocycles. The fourth-order valence-corrected chi connectivity index (χ4v) is 5.34. The molecule has 39 heavy (non-hydrogen) atoms. The van der Waals surface area contributed by atoms with Crippen LogP contribution >= 0.6 is 0 Å². The molecule has 2 N–H and O–H groups in total. The molecule has 3 aromatic carbocycles. The molecule has 0 amide bonds. The van der Waals surface area contributed by atoms with Gasteiger partial charge in [0.1, 0.15) is 6.07 Å². The van der Waals surface area contributed by atoms with Crippen LogP contribution in [0.25, 0.3) is 38.6 Å². The number of para-hydroxylation sites is 1. The first kappa shape index (κ1) is 24.9. The van der Waals surface area contributed by atoms with E-state index >= 15 is 0 Å². The van der Waals surface area contributed by atoms with E-state index in [0.29, 0.717) is 46.4 Å². The monoisotopic (exact) mass is 527 g/mol. The molecule has 2 aromatic heterocycles. The molecule has 0 spiro atoms. The summed E-state index contributed by atoms with van der Waals surface area (Å²) in [6, 6.07) is 21.3. The minimum atomic E-state index is -4.69. The van der Waals surface area contributed by atoms with Gasteiger partial charge in [0.15, 0.2) is 5.69 Å². The fraction of sp³-hybridized carbons (Fsp3) is 0.233. The predicted molar refractivity (Wildman–Crippen MR) is 143 cm³/mol. The van der Waals surface area contributed by atoms with Gasteiger partial charge in [0.25, 0.3) is 0 Å². The number of nitrogens with zero attached hydrogens (tertiary/aromatic N) is 4. The van der Waals surface area contributed by atoms with Crippen LogP contribution < -0.4 is 5.32 Å². The van der Waals surface area contributed by atoms with E-state index in [0.717, 1.165) is 23.7 Å². The molecule has 2 heterocycles. The van der Waals surface area contributed by atoms with Crippen molar-refractivity contribution in [2.45, 2.75) is 44.0 Å². The maximum absolute atomic E-state index is 14.4. The highest BCUT2D eigenvalue weighted by molar-refractivity contribution is 5.99. The molecule has 0 unspecified atom stereocenters. The van der Waals surface area contributed by atoms with E-state index in [1.165, 1.54) is 4.68 Å². The maximum Gasteiger partial charge on any atom is 0.435 e. The highest BCUT2D eigenvalue weighted by Gasteiger charge is 2.38. The zero-order valence-electron chi connectivity index (χ0n) is 20.8. The van der Waals surface area contributed by atoms with Crippen LogP contribution in [0.1, 0.15) is 36.9 Å². The number of aliphatic hydroxyl groups excluding tert-OH is 1. The summed E-state index contributed by atoms with van der Waals surface area (Å²) in [5, 5.41) is 27.7. The molecule has 0 atom stereocenters. The van der Waals surface area contributed by atoms with Crippen LogP contribution in [0, 0.1) is 11.3 Å². The van der Waals surface area contributed by atoms with Crippen molar-refractivity contribution in [2.24, 2.45) is 0 Å². The van der Waals surface area contributed by atoms with Crippen molar-refractivity contribution in [1.29, 1.82) is 5.26 Å². The van der Waals surface area contributed by atoms with Crippen molar-refractivity contribution in [3.05, 3.63) is 84.2 Å². The van der Waals surface area contributed by atoms with Gasteiger partial charge >= 0.3 is 6.18 Å². The van der Waals surface area contributed by atoms with E-state index in [1.807, 2.05) is 30.3 Å². The van der Waals surface area contributed by atoms with Crippen molar-refractivity contribution in [1.82, 2.24) is 14.8 Å². The minimum absolute atomic E-state index is 0.0118. The molecule has 6 rings (SSSR count). The van der Waals surface area contributed by atoms with E-state index in [9.17, 15) is 23.5 Å².